The molecule has 0 aromatic rings. The van der Waals surface area contributed by atoms with Gasteiger partial charge in [0.1, 0.15) is 30.5 Å². The van der Waals surface area contributed by atoms with E-state index in [2.05, 4.69) is 0 Å². The van der Waals surface area contributed by atoms with Crippen LogP contribution in [0.25, 0.3) is 0 Å². The van der Waals surface area contributed by atoms with Crippen molar-refractivity contribution in [3.8, 4) is 0 Å². The van der Waals surface area contributed by atoms with E-state index >= 15 is 0 Å². The molecule has 0 aromatic carbocycles. The van der Waals surface area contributed by atoms with Crippen LogP contribution >= 0.6 is 0 Å². The van der Waals surface area contributed by atoms with Crippen LogP contribution < -0.4 is 0 Å². The third-order valence-corrected chi connectivity index (χ3v) is 6.46. The van der Waals surface area contributed by atoms with Gasteiger partial charge in [0.05, 0.1) is 19.3 Å². The largest absolute Gasteiger partial charge is 0.456 e. The van der Waals surface area contributed by atoms with Crippen LogP contribution in [0.1, 0.15) is 33.1 Å². The minimum absolute atomic E-state index is 0.205. The van der Waals surface area contributed by atoms with Gasteiger partial charge in [-0.1, -0.05) is 6.08 Å². The summed E-state index contributed by atoms with van der Waals surface area (Å²) < 4.78 is 16.7. The molecule has 3 rings (SSSR count). The molecule has 1 aliphatic carbocycles. The molecule has 2 fully saturated rings. The first-order valence-electron chi connectivity index (χ1n) is 10.5. The number of fused-ring (bicyclic) bond motifs is 1. The van der Waals surface area contributed by atoms with Gasteiger partial charge in [0.2, 0.25) is 0 Å². The molecule has 0 amide bonds. The van der Waals surface area contributed by atoms with Gasteiger partial charge in [-0.15, -0.1) is 0 Å². The predicted molar refractivity (Wildman–Crippen MR) is 105 cm³/mol. The molecule has 10 heteroatoms. The second-order valence-electron chi connectivity index (χ2n) is 8.65. The fourth-order valence-electron chi connectivity index (χ4n) is 4.31. The quantitative estimate of drug-likeness (QED) is 0.222. The van der Waals surface area contributed by atoms with E-state index in [0.29, 0.717) is 30.4 Å². The normalized spacial score (nSPS) is 47.5. The Morgan fingerprint density at radius 3 is 2.55 bits per heavy atom. The number of ether oxygens (including phenoxy) is 3. The van der Waals surface area contributed by atoms with Crippen molar-refractivity contribution in [2.75, 3.05) is 13.2 Å². The highest BCUT2D eigenvalue weighted by atomic mass is 16.7. The molecule has 0 spiro atoms. The van der Waals surface area contributed by atoms with Crippen molar-refractivity contribution in [3.63, 3.8) is 0 Å². The lowest BCUT2D eigenvalue weighted by Gasteiger charge is -2.41. The summed E-state index contributed by atoms with van der Waals surface area (Å²) in [5, 5.41) is 60.0. The minimum atomic E-state index is -1.66. The standard InChI is InChI=1S/C21H32O10/c1-10-7-14-12(21(2,28)20(27)31-14)5-3-11(8-22)4-6-13(10)29-19-18(26)17(25)16(24)15(9-23)30-19/h4,7,12-19,22-26,28H,3,5-6,8-9H2,1-2H3/b10-7-,11-4+/t12-,13+,14-,15-,16-,17-,18-,19-,21-/m1/s1. The van der Waals surface area contributed by atoms with Crippen LogP contribution in [0, 0.1) is 5.92 Å². The second-order valence-corrected chi connectivity index (χ2v) is 8.65. The van der Waals surface area contributed by atoms with Crippen molar-refractivity contribution >= 4 is 5.97 Å². The second kappa shape index (κ2) is 9.63. The number of carbonyl (C=O) groups is 1. The maximum Gasteiger partial charge on any atom is 0.338 e. The Bertz CT molecular complexity index is 715. The maximum absolute atomic E-state index is 12.2. The average Bonchev–Trinajstić information content (AvgIpc) is 2.94. The highest BCUT2D eigenvalue weighted by molar-refractivity contribution is 5.82. The van der Waals surface area contributed by atoms with Crippen molar-refractivity contribution in [2.24, 2.45) is 5.92 Å². The zero-order chi connectivity index (χ0) is 22.9. The van der Waals surface area contributed by atoms with Crippen LogP contribution in [-0.2, 0) is 19.0 Å². The number of hydrogen-bond acceptors (Lipinski definition) is 10. The van der Waals surface area contributed by atoms with Gasteiger partial charge in [-0.25, -0.2) is 4.79 Å². The lowest BCUT2D eigenvalue weighted by atomic mass is 9.81. The zero-order valence-electron chi connectivity index (χ0n) is 17.6. The third-order valence-electron chi connectivity index (χ3n) is 6.46. The topological polar surface area (TPSA) is 166 Å². The van der Waals surface area contributed by atoms with E-state index in [4.69, 9.17) is 14.2 Å². The van der Waals surface area contributed by atoms with Crippen LogP contribution in [-0.4, -0.2) is 98.3 Å². The lowest BCUT2D eigenvalue weighted by Crippen LogP contribution is -2.59. The summed E-state index contributed by atoms with van der Waals surface area (Å²) in [7, 11) is 0. The van der Waals surface area contributed by atoms with Crippen molar-refractivity contribution in [2.45, 2.75) is 81.6 Å². The highest BCUT2D eigenvalue weighted by Crippen LogP contribution is 2.38. The molecule has 0 saturated carbocycles. The first kappa shape index (κ1) is 24.3. The Labute approximate surface area is 180 Å². The molecular formula is C21H32O10. The van der Waals surface area contributed by atoms with E-state index in [-0.39, 0.29) is 6.61 Å². The van der Waals surface area contributed by atoms with Gasteiger partial charge in [0, 0.05) is 5.92 Å². The van der Waals surface area contributed by atoms with E-state index < -0.39 is 67.0 Å². The van der Waals surface area contributed by atoms with Crippen LogP contribution in [0.3, 0.4) is 0 Å². The van der Waals surface area contributed by atoms with E-state index in [9.17, 15) is 35.4 Å². The Morgan fingerprint density at radius 2 is 1.90 bits per heavy atom. The number of aliphatic hydroxyl groups is 6. The average molecular weight is 444 g/mol. The Kier molecular flexibility index (Phi) is 7.54. The third kappa shape index (κ3) is 4.86. The van der Waals surface area contributed by atoms with Gasteiger partial charge < -0.3 is 44.8 Å². The fraction of sp³-hybridized carbons (Fsp3) is 0.762. The monoisotopic (exact) mass is 444 g/mol. The molecule has 9 atom stereocenters. The van der Waals surface area contributed by atoms with Crippen molar-refractivity contribution < 1.29 is 49.6 Å². The van der Waals surface area contributed by atoms with Crippen molar-refractivity contribution in [1.29, 1.82) is 0 Å². The van der Waals surface area contributed by atoms with E-state index in [1.807, 2.05) is 0 Å². The van der Waals surface area contributed by atoms with Crippen molar-refractivity contribution in [1.82, 2.24) is 0 Å². The molecule has 2 heterocycles. The van der Waals surface area contributed by atoms with Crippen LogP contribution in [0.2, 0.25) is 0 Å². The molecule has 31 heavy (non-hydrogen) atoms. The molecular weight excluding hydrogens is 412 g/mol. The summed E-state index contributed by atoms with van der Waals surface area (Å²) in [6, 6.07) is 0. The minimum Gasteiger partial charge on any atom is -0.456 e. The van der Waals surface area contributed by atoms with Crippen LogP contribution in [0.15, 0.2) is 23.3 Å². The smallest absolute Gasteiger partial charge is 0.338 e. The summed E-state index contributed by atoms with van der Waals surface area (Å²) in [5.74, 6) is -1.23. The number of rotatable bonds is 4. The number of aliphatic hydroxyl groups excluding tert-OH is 5. The molecule has 0 unspecified atom stereocenters. The number of hydrogen-bond donors (Lipinski definition) is 6. The number of carbonyl (C=O) groups excluding carboxylic acids is 1. The molecule has 2 saturated heterocycles. The van der Waals surface area contributed by atoms with Gasteiger partial charge in [-0.2, -0.15) is 0 Å². The van der Waals surface area contributed by atoms with E-state index in [1.54, 1.807) is 19.1 Å². The summed E-state index contributed by atoms with van der Waals surface area (Å²) in [4.78, 5) is 12.2. The van der Waals surface area contributed by atoms with Gasteiger partial charge >= 0.3 is 5.97 Å². The van der Waals surface area contributed by atoms with Gasteiger partial charge in [-0.05, 0) is 50.3 Å². The Morgan fingerprint density at radius 1 is 1.19 bits per heavy atom. The summed E-state index contributed by atoms with van der Waals surface area (Å²) in [6.45, 7) is 2.37. The van der Waals surface area contributed by atoms with E-state index in [1.165, 1.54) is 6.92 Å². The van der Waals surface area contributed by atoms with Crippen molar-refractivity contribution in [3.05, 3.63) is 23.3 Å². The SMILES string of the molecule is C/C1=C/[C@H]2OC(=O)[C@](C)(O)[C@@H]2CC/C(CO)=C\C[C@@H]1O[C@@H]1O[C@H](CO)[C@@H](O)[C@@H](O)[C@H]1O. The highest BCUT2D eigenvalue weighted by Gasteiger charge is 2.52. The zero-order valence-corrected chi connectivity index (χ0v) is 17.6. The van der Waals surface area contributed by atoms with Gasteiger partial charge in [-0.3, -0.25) is 0 Å². The molecule has 2 aliphatic heterocycles. The number of esters is 1. The molecule has 176 valence electrons. The van der Waals surface area contributed by atoms with Crippen LogP contribution in [0.5, 0.6) is 0 Å². The summed E-state index contributed by atoms with van der Waals surface area (Å²) in [6.07, 6.45) is -3.77. The van der Waals surface area contributed by atoms with Crippen LogP contribution in [0.4, 0.5) is 0 Å². The maximum atomic E-state index is 12.2. The fourth-order valence-corrected chi connectivity index (χ4v) is 4.31. The Hall–Kier alpha value is -1.37. The lowest BCUT2D eigenvalue weighted by molar-refractivity contribution is -0.308. The molecule has 0 aromatic heterocycles. The molecule has 3 aliphatic rings. The Balaban J connectivity index is 1.87. The molecule has 10 nitrogen and oxygen atoms in total. The molecule has 0 radical (unpaired) electrons. The first-order valence-corrected chi connectivity index (χ1v) is 10.5. The van der Waals surface area contributed by atoms with Gasteiger partial charge in [0.15, 0.2) is 11.9 Å². The summed E-state index contributed by atoms with van der Waals surface area (Å²) >= 11 is 0. The predicted octanol–water partition coefficient (Wildman–Crippen LogP) is -1.49. The first-order chi connectivity index (χ1) is 14.6. The van der Waals surface area contributed by atoms with E-state index in [0.717, 1.165) is 0 Å². The molecule has 6 N–H and O–H groups in total. The summed E-state index contributed by atoms with van der Waals surface area (Å²) in [5.41, 5.74) is -0.326. The van der Waals surface area contributed by atoms with Gasteiger partial charge in [0.25, 0.3) is 0 Å². The molecule has 0 bridgehead atoms.